The van der Waals surface area contributed by atoms with E-state index in [-0.39, 0.29) is 4.90 Å². The zero-order valence-electron chi connectivity index (χ0n) is 11.8. The molecule has 0 saturated carbocycles. The molecule has 0 aliphatic heterocycles. The van der Waals surface area contributed by atoms with E-state index in [4.69, 9.17) is 5.73 Å². The van der Waals surface area contributed by atoms with E-state index in [1.165, 1.54) is 0 Å². The molecule has 0 spiro atoms. The summed E-state index contributed by atoms with van der Waals surface area (Å²) in [7, 11) is -3.64. The molecule has 3 N–H and O–H groups in total. The molecule has 0 aliphatic carbocycles. The summed E-state index contributed by atoms with van der Waals surface area (Å²) in [4.78, 5) is 0.248. The fourth-order valence-corrected chi connectivity index (χ4v) is 3.64. The van der Waals surface area contributed by atoms with E-state index >= 15 is 0 Å². The summed E-state index contributed by atoms with van der Waals surface area (Å²) in [5.41, 5.74) is 9.14. The second-order valence-corrected chi connectivity index (χ2v) is 6.52. The average molecular weight is 290 g/mol. The molecule has 4 nitrogen and oxygen atoms in total. The van der Waals surface area contributed by atoms with Gasteiger partial charge in [-0.1, -0.05) is 23.8 Å². The molecular weight excluding hydrogens is 272 g/mol. The minimum Gasteiger partial charge on any atom is -0.398 e. The van der Waals surface area contributed by atoms with E-state index in [1.54, 1.807) is 38.1 Å². The summed E-state index contributed by atoms with van der Waals surface area (Å²) in [6.45, 7) is 5.42. The van der Waals surface area contributed by atoms with Crippen LogP contribution in [0.15, 0.2) is 41.3 Å². The number of benzene rings is 2. The fraction of sp³-hybridized carbons (Fsp3) is 0.200. The smallest absolute Gasteiger partial charge is 0.262 e. The molecule has 2 aromatic carbocycles. The molecule has 0 heterocycles. The van der Waals surface area contributed by atoms with E-state index in [1.807, 2.05) is 19.1 Å². The first kappa shape index (κ1) is 14.4. The van der Waals surface area contributed by atoms with Gasteiger partial charge in [0.2, 0.25) is 0 Å². The van der Waals surface area contributed by atoms with Crippen molar-refractivity contribution < 1.29 is 8.42 Å². The largest absolute Gasteiger partial charge is 0.398 e. The molecule has 0 unspecified atom stereocenters. The number of nitrogen functional groups attached to an aromatic ring is 1. The van der Waals surface area contributed by atoms with Crippen molar-refractivity contribution in [2.24, 2.45) is 0 Å². The Kier molecular flexibility index (Phi) is 3.72. The van der Waals surface area contributed by atoms with E-state index in [0.29, 0.717) is 22.5 Å². The molecule has 2 rings (SSSR count). The number of hydrogen-bond donors (Lipinski definition) is 2. The highest BCUT2D eigenvalue weighted by atomic mass is 32.2. The Balaban J connectivity index is 2.46. The van der Waals surface area contributed by atoms with Gasteiger partial charge in [0.25, 0.3) is 10.0 Å². The number of nitrogens with two attached hydrogens (primary N) is 1. The van der Waals surface area contributed by atoms with Crippen LogP contribution >= 0.6 is 0 Å². The highest BCUT2D eigenvalue weighted by Gasteiger charge is 2.20. The standard InChI is InChI=1S/C15H18N2O2S/c1-10-4-7-13(8-5-10)17-20(18,19)15-11(2)6-9-14(16)12(15)3/h4-9,17H,16H2,1-3H3. The van der Waals surface area contributed by atoms with Gasteiger partial charge in [-0.2, -0.15) is 0 Å². The van der Waals surface area contributed by atoms with Crippen LogP contribution in [-0.4, -0.2) is 8.42 Å². The third-order valence-electron chi connectivity index (χ3n) is 3.22. The summed E-state index contributed by atoms with van der Waals surface area (Å²) in [6.07, 6.45) is 0. The summed E-state index contributed by atoms with van der Waals surface area (Å²) in [5, 5.41) is 0. The third kappa shape index (κ3) is 2.77. The monoisotopic (exact) mass is 290 g/mol. The lowest BCUT2D eigenvalue weighted by Crippen LogP contribution is -2.16. The van der Waals surface area contributed by atoms with Gasteiger partial charge >= 0.3 is 0 Å². The van der Waals surface area contributed by atoms with E-state index in [0.717, 1.165) is 5.56 Å². The number of nitrogens with one attached hydrogen (secondary N) is 1. The van der Waals surface area contributed by atoms with Crippen LogP contribution in [0.4, 0.5) is 11.4 Å². The minimum atomic E-state index is -3.64. The maximum atomic E-state index is 12.5. The fourth-order valence-electron chi connectivity index (χ4n) is 2.08. The van der Waals surface area contributed by atoms with Crippen LogP contribution in [0.1, 0.15) is 16.7 Å². The van der Waals surface area contributed by atoms with Gasteiger partial charge in [-0.3, -0.25) is 4.72 Å². The van der Waals surface area contributed by atoms with Crippen LogP contribution < -0.4 is 10.5 Å². The van der Waals surface area contributed by atoms with Crippen molar-refractivity contribution in [1.82, 2.24) is 0 Å². The first-order valence-electron chi connectivity index (χ1n) is 6.26. The molecule has 2 aromatic rings. The zero-order chi connectivity index (χ0) is 14.9. The van der Waals surface area contributed by atoms with Crippen LogP contribution in [0.2, 0.25) is 0 Å². The molecule has 20 heavy (non-hydrogen) atoms. The van der Waals surface area contributed by atoms with Gasteiger partial charge in [-0.05, 0) is 50.1 Å². The molecule has 0 atom stereocenters. The Bertz CT molecular complexity index is 735. The molecule has 0 fully saturated rings. The van der Waals surface area contributed by atoms with Crippen LogP contribution in [0, 0.1) is 20.8 Å². The number of sulfonamides is 1. The maximum Gasteiger partial charge on any atom is 0.262 e. The van der Waals surface area contributed by atoms with Gasteiger partial charge < -0.3 is 5.73 Å². The lowest BCUT2D eigenvalue weighted by molar-refractivity contribution is 0.600. The minimum absolute atomic E-state index is 0.248. The van der Waals surface area contributed by atoms with Gasteiger partial charge in [0, 0.05) is 11.4 Å². The molecule has 0 amide bonds. The van der Waals surface area contributed by atoms with Crippen LogP contribution in [0.3, 0.4) is 0 Å². The number of rotatable bonds is 3. The van der Waals surface area contributed by atoms with Crippen molar-refractivity contribution in [1.29, 1.82) is 0 Å². The molecule has 0 radical (unpaired) electrons. The molecule has 106 valence electrons. The SMILES string of the molecule is Cc1ccc(NS(=O)(=O)c2c(C)ccc(N)c2C)cc1. The Morgan fingerprint density at radius 3 is 2.15 bits per heavy atom. The second kappa shape index (κ2) is 5.17. The maximum absolute atomic E-state index is 12.5. The number of hydrogen-bond acceptors (Lipinski definition) is 3. The number of anilines is 2. The molecule has 0 aromatic heterocycles. The quantitative estimate of drug-likeness (QED) is 0.854. The molecule has 0 aliphatic rings. The third-order valence-corrected chi connectivity index (χ3v) is 4.89. The Labute approximate surface area is 119 Å². The van der Waals surface area contributed by atoms with Crippen LogP contribution in [-0.2, 0) is 10.0 Å². The summed E-state index contributed by atoms with van der Waals surface area (Å²) < 4.78 is 27.6. The number of aryl methyl sites for hydroxylation is 2. The summed E-state index contributed by atoms with van der Waals surface area (Å²) in [5.74, 6) is 0. The normalized spacial score (nSPS) is 11.3. The molecule has 0 bridgehead atoms. The topological polar surface area (TPSA) is 72.2 Å². The van der Waals surface area contributed by atoms with Gasteiger partial charge in [0.1, 0.15) is 0 Å². The Morgan fingerprint density at radius 2 is 1.55 bits per heavy atom. The van der Waals surface area contributed by atoms with Crippen molar-refractivity contribution in [3.8, 4) is 0 Å². The highest BCUT2D eigenvalue weighted by Crippen LogP contribution is 2.26. The van der Waals surface area contributed by atoms with Gasteiger partial charge in [-0.25, -0.2) is 8.42 Å². The van der Waals surface area contributed by atoms with Crippen molar-refractivity contribution in [2.75, 3.05) is 10.5 Å². The Hall–Kier alpha value is -2.01. The summed E-state index contributed by atoms with van der Waals surface area (Å²) in [6, 6.07) is 10.6. The lowest BCUT2D eigenvalue weighted by atomic mass is 10.1. The molecule has 0 saturated heterocycles. The molecule has 5 heteroatoms. The van der Waals surface area contributed by atoms with Crippen molar-refractivity contribution in [3.63, 3.8) is 0 Å². The molecular formula is C15H18N2O2S. The van der Waals surface area contributed by atoms with Crippen LogP contribution in [0.5, 0.6) is 0 Å². The van der Waals surface area contributed by atoms with Gasteiger partial charge in [-0.15, -0.1) is 0 Å². The predicted molar refractivity (Wildman–Crippen MR) is 82.3 cm³/mol. The summed E-state index contributed by atoms with van der Waals surface area (Å²) >= 11 is 0. The van der Waals surface area contributed by atoms with Gasteiger partial charge in [0.05, 0.1) is 4.90 Å². The Morgan fingerprint density at radius 1 is 0.950 bits per heavy atom. The average Bonchev–Trinajstić information content (AvgIpc) is 2.37. The van der Waals surface area contributed by atoms with Gasteiger partial charge in [0.15, 0.2) is 0 Å². The van der Waals surface area contributed by atoms with E-state index in [2.05, 4.69) is 4.72 Å². The van der Waals surface area contributed by atoms with E-state index in [9.17, 15) is 8.42 Å². The van der Waals surface area contributed by atoms with Crippen molar-refractivity contribution >= 4 is 21.4 Å². The first-order chi connectivity index (χ1) is 9.31. The predicted octanol–water partition coefficient (Wildman–Crippen LogP) is 2.99. The lowest BCUT2D eigenvalue weighted by Gasteiger charge is -2.14. The first-order valence-corrected chi connectivity index (χ1v) is 7.75. The highest BCUT2D eigenvalue weighted by molar-refractivity contribution is 7.92. The van der Waals surface area contributed by atoms with Crippen LogP contribution in [0.25, 0.3) is 0 Å². The van der Waals surface area contributed by atoms with Crippen molar-refractivity contribution in [2.45, 2.75) is 25.7 Å². The van der Waals surface area contributed by atoms with Crippen molar-refractivity contribution in [3.05, 3.63) is 53.1 Å². The van der Waals surface area contributed by atoms with E-state index < -0.39 is 10.0 Å². The zero-order valence-corrected chi connectivity index (χ0v) is 12.6. The second-order valence-electron chi connectivity index (χ2n) is 4.90.